The predicted molar refractivity (Wildman–Crippen MR) is 94.9 cm³/mol. The zero-order chi connectivity index (χ0) is 16.0. The molecular formula is C19H26N2. The maximum atomic E-state index is 6.03. The fraction of sp³-hybridized carbons (Fsp3) is 0.263. The van der Waals surface area contributed by atoms with E-state index in [1.54, 1.807) is 6.08 Å². The Labute approximate surface area is 128 Å². The average Bonchev–Trinajstić information content (AvgIpc) is 2.69. The first-order chi connectivity index (χ1) is 9.97. The Kier molecular flexibility index (Phi) is 6.04. The molecule has 0 unspecified atom stereocenters. The van der Waals surface area contributed by atoms with Gasteiger partial charge in [-0.25, -0.2) is 0 Å². The highest BCUT2D eigenvalue weighted by Gasteiger charge is 2.12. The standard InChI is InChI=1S/C19H26N2/c1-7-10-11-12-17-14(4)21(6)15(5)18(17)13-16(8-2)19(20)9-3/h7-13H,2,20H2,1,3-6H3/b10-7-,12-11-,16-13+,19-9-. The van der Waals surface area contributed by atoms with Gasteiger partial charge in [-0.15, -0.1) is 0 Å². The molecule has 0 spiro atoms. The molecule has 0 saturated heterocycles. The normalized spacial score (nSPS) is 13.6. The molecule has 0 aliphatic carbocycles. The van der Waals surface area contributed by atoms with Crippen molar-refractivity contribution in [1.29, 1.82) is 0 Å². The van der Waals surface area contributed by atoms with E-state index in [1.807, 2.05) is 32.1 Å². The molecule has 0 radical (unpaired) electrons. The number of aromatic nitrogens is 1. The lowest BCUT2D eigenvalue weighted by Gasteiger charge is -2.04. The fourth-order valence-electron chi connectivity index (χ4n) is 2.24. The molecule has 21 heavy (non-hydrogen) atoms. The van der Waals surface area contributed by atoms with Crippen molar-refractivity contribution in [3.63, 3.8) is 0 Å². The summed E-state index contributed by atoms with van der Waals surface area (Å²) in [5.41, 5.74) is 12.6. The molecule has 0 fully saturated rings. The van der Waals surface area contributed by atoms with Crippen molar-refractivity contribution < 1.29 is 0 Å². The van der Waals surface area contributed by atoms with Gasteiger partial charge in [-0.1, -0.05) is 43.0 Å². The second-order valence-corrected chi connectivity index (χ2v) is 4.99. The zero-order valence-electron chi connectivity index (χ0n) is 13.8. The Bertz CT molecular complexity index is 635. The first-order valence-corrected chi connectivity index (χ1v) is 7.19. The fourth-order valence-corrected chi connectivity index (χ4v) is 2.24. The molecule has 0 aliphatic heterocycles. The number of rotatable bonds is 5. The minimum atomic E-state index is 0.745. The molecular weight excluding hydrogens is 256 g/mol. The van der Waals surface area contributed by atoms with E-state index < -0.39 is 0 Å². The van der Waals surface area contributed by atoms with Gasteiger partial charge in [-0.05, 0) is 39.3 Å². The Balaban J connectivity index is 3.51. The third-order valence-electron chi connectivity index (χ3n) is 3.81. The molecule has 112 valence electrons. The Morgan fingerprint density at radius 3 is 2.24 bits per heavy atom. The molecule has 0 saturated carbocycles. The van der Waals surface area contributed by atoms with Gasteiger partial charge >= 0.3 is 0 Å². The summed E-state index contributed by atoms with van der Waals surface area (Å²) in [6.45, 7) is 12.1. The van der Waals surface area contributed by atoms with E-state index in [9.17, 15) is 0 Å². The van der Waals surface area contributed by atoms with E-state index in [4.69, 9.17) is 5.73 Å². The second kappa shape index (κ2) is 7.53. The molecule has 0 aromatic carbocycles. The monoisotopic (exact) mass is 282 g/mol. The zero-order valence-corrected chi connectivity index (χ0v) is 13.8. The molecule has 1 rings (SSSR count). The van der Waals surface area contributed by atoms with E-state index in [0.717, 1.165) is 11.3 Å². The van der Waals surface area contributed by atoms with Gasteiger partial charge in [-0.2, -0.15) is 0 Å². The predicted octanol–water partition coefficient (Wildman–Crippen LogP) is 4.66. The number of hydrogen-bond donors (Lipinski definition) is 1. The third-order valence-corrected chi connectivity index (χ3v) is 3.81. The van der Waals surface area contributed by atoms with E-state index in [-0.39, 0.29) is 0 Å². The summed E-state index contributed by atoms with van der Waals surface area (Å²) < 4.78 is 2.20. The summed E-state index contributed by atoms with van der Waals surface area (Å²) >= 11 is 0. The van der Waals surface area contributed by atoms with Crippen molar-refractivity contribution in [3.05, 3.63) is 70.7 Å². The van der Waals surface area contributed by atoms with Crippen LogP contribution in [0.2, 0.25) is 0 Å². The number of nitrogens with zero attached hydrogens (tertiary/aromatic N) is 1. The molecule has 0 aliphatic rings. The van der Waals surface area contributed by atoms with Gasteiger partial charge in [0.05, 0.1) is 0 Å². The highest BCUT2D eigenvalue weighted by Crippen LogP contribution is 2.26. The largest absolute Gasteiger partial charge is 0.399 e. The lowest BCUT2D eigenvalue weighted by molar-refractivity contribution is 0.842. The maximum absolute atomic E-state index is 6.03. The van der Waals surface area contributed by atoms with Crippen LogP contribution in [0, 0.1) is 13.8 Å². The number of nitrogens with two attached hydrogens (primary N) is 1. The van der Waals surface area contributed by atoms with E-state index in [2.05, 4.69) is 50.3 Å². The van der Waals surface area contributed by atoms with E-state index in [1.165, 1.54) is 22.5 Å². The summed E-state index contributed by atoms with van der Waals surface area (Å²) in [7, 11) is 2.08. The van der Waals surface area contributed by atoms with Crippen molar-refractivity contribution in [1.82, 2.24) is 4.57 Å². The molecule has 1 heterocycles. The van der Waals surface area contributed by atoms with Crippen LogP contribution in [-0.4, -0.2) is 4.57 Å². The first-order valence-electron chi connectivity index (χ1n) is 7.19. The van der Waals surface area contributed by atoms with Crippen molar-refractivity contribution in [2.75, 3.05) is 0 Å². The van der Waals surface area contributed by atoms with Crippen LogP contribution in [0.4, 0.5) is 0 Å². The smallest absolute Gasteiger partial charge is 0.0344 e. The van der Waals surface area contributed by atoms with Crippen LogP contribution in [0.25, 0.3) is 12.2 Å². The Morgan fingerprint density at radius 2 is 1.71 bits per heavy atom. The number of hydrogen-bond acceptors (Lipinski definition) is 1. The van der Waals surface area contributed by atoms with Crippen molar-refractivity contribution in [2.24, 2.45) is 12.8 Å². The molecule has 2 nitrogen and oxygen atoms in total. The van der Waals surface area contributed by atoms with Crippen molar-refractivity contribution in [3.8, 4) is 0 Å². The first kappa shape index (κ1) is 16.8. The van der Waals surface area contributed by atoms with Gasteiger partial charge in [0.25, 0.3) is 0 Å². The van der Waals surface area contributed by atoms with Gasteiger partial charge in [0.1, 0.15) is 0 Å². The van der Waals surface area contributed by atoms with Crippen LogP contribution < -0.4 is 5.73 Å². The minimum Gasteiger partial charge on any atom is -0.399 e. The second-order valence-electron chi connectivity index (χ2n) is 4.99. The van der Waals surface area contributed by atoms with E-state index in [0.29, 0.717) is 0 Å². The van der Waals surface area contributed by atoms with Crippen LogP contribution in [0.3, 0.4) is 0 Å². The molecule has 0 atom stereocenters. The summed E-state index contributed by atoms with van der Waals surface area (Å²) in [5.74, 6) is 0. The molecule has 0 amide bonds. The summed E-state index contributed by atoms with van der Waals surface area (Å²) in [6, 6.07) is 0. The van der Waals surface area contributed by atoms with Crippen molar-refractivity contribution in [2.45, 2.75) is 27.7 Å². The Morgan fingerprint density at radius 1 is 1.10 bits per heavy atom. The van der Waals surface area contributed by atoms with Gasteiger partial charge in [0.2, 0.25) is 0 Å². The lowest BCUT2D eigenvalue weighted by Crippen LogP contribution is -1.99. The lowest BCUT2D eigenvalue weighted by atomic mass is 10.0. The topological polar surface area (TPSA) is 30.9 Å². The van der Waals surface area contributed by atoms with Gasteiger partial charge in [0, 0.05) is 35.3 Å². The number of allylic oxidation sites excluding steroid dienone is 5. The van der Waals surface area contributed by atoms with Gasteiger partial charge in [0.15, 0.2) is 0 Å². The molecule has 2 N–H and O–H groups in total. The van der Waals surface area contributed by atoms with Crippen LogP contribution >= 0.6 is 0 Å². The van der Waals surface area contributed by atoms with E-state index >= 15 is 0 Å². The summed E-state index contributed by atoms with van der Waals surface area (Å²) in [6.07, 6.45) is 14.1. The average molecular weight is 282 g/mol. The van der Waals surface area contributed by atoms with Gasteiger partial charge < -0.3 is 10.3 Å². The third kappa shape index (κ3) is 3.66. The minimum absolute atomic E-state index is 0.745. The molecule has 1 aromatic rings. The van der Waals surface area contributed by atoms with Crippen LogP contribution in [0.1, 0.15) is 36.4 Å². The molecule has 2 heteroatoms. The van der Waals surface area contributed by atoms with Crippen LogP contribution in [-0.2, 0) is 7.05 Å². The van der Waals surface area contributed by atoms with Crippen molar-refractivity contribution >= 4 is 12.2 Å². The highest BCUT2D eigenvalue weighted by atomic mass is 15.0. The Hall–Kier alpha value is -2.22. The maximum Gasteiger partial charge on any atom is 0.0344 e. The molecule has 1 aromatic heterocycles. The summed E-state index contributed by atoms with van der Waals surface area (Å²) in [5, 5.41) is 0. The quantitative estimate of drug-likeness (QED) is 0.782. The highest BCUT2D eigenvalue weighted by molar-refractivity contribution is 5.74. The van der Waals surface area contributed by atoms with Crippen LogP contribution in [0.15, 0.2) is 48.2 Å². The van der Waals surface area contributed by atoms with Crippen LogP contribution in [0.5, 0.6) is 0 Å². The summed E-state index contributed by atoms with van der Waals surface area (Å²) in [4.78, 5) is 0. The SMILES string of the molecule is C=CC(=C\c1c(/C=C\C=C/C)c(C)n(C)c1C)/C(N)=C/C. The molecule has 0 bridgehead atoms. The van der Waals surface area contributed by atoms with Gasteiger partial charge in [-0.3, -0.25) is 0 Å².